The van der Waals surface area contributed by atoms with E-state index in [1.807, 2.05) is 24.3 Å². The fourth-order valence-electron chi connectivity index (χ4n) is 4.79. The van der Waals surface area contributed by atoms with Gasteiger partial charge in [0, 0.05) is 12.5 Å². The Kier molecular flexibility index (Phi) is 8.69. The molecule has 1 atom stereocenters. The number of nitrogens with zero attached hydrogens (tertiary/aromatic N) is 1. The molecule has 1 aliphatic rings. The highest BCUT2D eigenvalue weighted by molar-refractivity contribution is 5.83. The van der Waals surface area contributed by atoms with Gasteiger partial charge in [-0.1, -0.05) is 100 Å². The van der Waals surface area contributed by atoms with Crippen molar-refractivity contribution in [3.8, 4) is 11.1 Å². The third-order valence-electron chi connectivity index (χ3n) is 6.38. The summed E-state index contributed by atoms with van der Waals surface area (Å²) in [4.78, 5) is 26.7. The molecule has 4 heteroatoms. The number of methoxy groups -OCH3 is 1. The van der Waals surface area contributed by atoms with Gasteiger partial charge in [-0.15, -0.1) is 0 Å². The van der Waals surface area contributed by atoms with Gasteiger partial charge in [0.05, 0.1) is 7.11 Å². The highest BCUT2D eigenvalue weighted by Gasteiger charge is 2.39. The summed E-state index contributed by atoms with van der Waals surface area (Å²) in [5.41, 5.74) is 4.50. The predicted octanol–water partition coefficient (Wildman–Crippen LogP) is 6.58. The molecule has 0 aliphatic heterocycles. The molecule has 0 heterocycles. The fourth-order valence-corrected chi connectivity index (χ4v) is 4.79. The molecule has 0 fully saturated rings. The first-order valence-electron chi connectivity index (χ1n) is 11.7. The van der Waals surface area contributed by atoms with Crippen LogP contribution in [0.3, 0.4) is 0 Å². The molecule has 1 amide bonds. The molecule has 0 spiro atoms. The largest absolute Gasteiger partial charge is 0.453 e. The maximum atomic E-state index is 12.7. The predicted molar refractivity (Wildman–Crippen MR) is 125 cm³/mol. The highest BCUT2D eigenvalue weighted by Crippen LogP contribution is 2.46. The zero-order chi connectivity index (χ0) is 22.1. The van der Waals surface area contributed by atoms with E-state index in [-0.39, 0.29) is 5.92 Å². The number of carbonyl (C=O) groups excluding carboxylic acids is 2. The molecule has 0 aromatic heterocycles. The van der Waals surface area contributed by atoms with Crippen molar-refractivity contribution in [2.24, 2.45) is 0 Å². The Bertz CT molecular complexity index is 818. The van der Waals surface area contributed by atoms with Gasteiger partial charge in [0.15, 0.2) is 0 Å². The van der Waals surface area contributed by atoms with E-state index in [9.17, 15) is 9.59 Å². The number of fused-ring (bicyclic) bond motifs is 3. The van der Waals surface area contributed by atoms with Gasteiger partial charge >= 0.3 is 6.09 Å². The minimum atomic E-state index is -0.582. The van der Waals surface area contributed by atoms with Gasteiger partial charge in [0.25, 0.3) is 0 Å². The summed E-state index contributed by atoms with van der Waals surface area (Å²) < 4.78 is 5.08. The number of rotatable bonds is 12. The number of ether oxygens (including phenoxy) is 1. The standard InChI is InChI=1S/C27H35NO3/c1-3-4-5-6-7-8-9-14-19-28(27(30)31-2)25(20-29)26-23-17-12-10-15-21(23)22-16-11-13-18-24(22)26/h10-13,15-18,20,25-26H,3-9,14,19H2,1-2H3. The number of aldehydes is 1. The van der Waals surface area contributed by atoms with Crippen molar-refractivity contribution in [1.29, 1.82) is 0 Å². The van der Waals surface area contributed by atoms with Gasteiger partial charge in [-0.3, -0.25) is 4.90 Å². The first-order valence-corrected chi connectivity index (χ1v) is 11.7. The van der Waals surface area contributed by atoms with Crippen molar-refractivity contribution in [2.75, 3.05) is 13.7 Å². The van der Waals surface area contributed by atoms with E-state index >= 15 is 0 Å². The third kappa shape index (κ3) is 5.36. The van der Waals surface area contributed by atoms with E-state index in [1.54, 1.807) is 4.90 Å². The third-order valence-corrected chi connectivity index (χ3v) is 6.38. The molecule has 1 unspecified atom stereocenters. The summed E-state index contributed by atoms with van der Waals surface area (Å²) in [5, 5.41) is 0. The molecule has 0 saturated heterocycles. The van der Waals surface area contributed by atoms with E-state index in [0.717, 1.165) is 41.4 Å². The van der Waals surface area contributed by atoms with Crippen molar-refractivity contribution in [2.45, 2.75) is 70.3 Å². The molecule has 0 saturated carbocycles. The lowest BCUT2D eigenvalue weighted by Gasteiger charge is -2.32. The van der Waals surface area contributed by atoms with Crippen LogP contribution in [0.25, 0.3) is 11.1 Å². The second-order valence-corrected chi connectivity index (χ2v) is 8.42. The summed E-state index contributed by atoms with van der Waals surface area (Å²) in [6.07, 6.45) is 9.98. The van der Waals surface area contributed by atoms with Crippen LogP contribution < -0.4 is 0 Å². The fraction of sp³-hybridized carbons (Fsp3) is 0.481. The van der Waals surface area contributed by atoms with Crippen molar-refractivity contribution in [1.82, 2.24) is 4.90 Å². The van der Waals surface area contributed by atoms with Crippen LogP contribution >= 0.6 is 0 Å². The van der Waals surface area contributed by atoms with Crippen molar-refractivity contribution >= 4 is 12.4 Å². The van der Waals surface area contributed by atoms with Crippen molar-refractivity contribution < 1.29 is 14.3 Å². The van der Waals surface area contributed by atoms with Crippen molar-refractivity contribution in [3.63, 3.8) is 0 Å². The van der Waals surface area contributed by atoms with Crippen LogP contribution in [0.1, 0.15) is 75.3 Å². The van der Waals surface area contributed by atoms with Crippen LogP contribution in [0.15, 0.2) is 48.5 Å². The van der Waals surface area contributed by atoms with Crippen LogP contribution in [-0.4, -0.2) is 37.0 Å². The molecule has 3 rings (SSSR count). The van der Waals surface area contributed by atoms with Gasteiger partial charge in [-0.25, -0.2) is 4.79 Å². The Hall–Kier alpha value is -2.62. The number of benzene rings is 2. The van der Waals surface area contributed by atoms with Crippen LogP contribution in [0, 0.1) is 0 Å². The summed E-state index contributed by atoms with van der Waals surface area (Å²) in [5.74, 6) is -0.168. The molecule has 0 bridgehead atoms. The normalized spacial score (nSPS) is 13.4. The minimum Gasteiger partial charge on any atom is -0.453 e. The van der Waals surface area contributed by atoms with Crippen LogP contribution in [0.5, 0.6) is 0 Å². The Labute approximate surface area is 186 Å². The topological polar surface area (TPSA) is 46.6 Å². The molecular weight excluding hydrogens is 386 g/mol. The lowest BCUT2D eigenvalue weighted by atomic mass is 9.89. The lowest BCUT2D eigenvalue weighted by molar-refractivity contribution is -0.112. The average molecular weight is 422 g/mol. The Morgan fingerprint density at radius 2 is 1.42 bits per heavy atom. The van der Waals surface area contributed by atoms with Gasteiger partial charge in [-0.2, -0.15) is 0 Å². The summed E-state index contributed by atoms with van der Waals surface area (Å²) in [6, 6.07) is 15.8. The average Bonchev–Trinajstić information content (AvgIpc) is 3.14. The molecule has 0 radical (unpaired) electrons. The van der Waals surface area contributed by atoms with Gasteiger partial charge in [-0.05, 0) is 28.7 Å². The first-order chi connectivity index (χ1) is 15.2. The molecule has 31 heavy (non-hydrogen) atoms. The van der Waals surface area contributed by atoms with E-state index in [1.165, 1.54) is 45.6 Å². The summed E-state index contributed by atoms with van der Waals surface area (Å²) in [7, 11) is 1.39. The monoisotopic (exact) mass is 421 g/mol. The molecule has 166 valence electrons. The maximum absolute atomic E-state index is 12.7. The number of hydrogen-bond donors (Lipinski definition) is 0. The van der Waals surface area contributed by atoms with Crippen LogP contribution in [0.4, 0.5) is 4.79 Å². The minimum absolute atomic E-state index is 0.168. The number of hydrogen-bond acceptors (Lipinski definition) is 3. The second-order valence-electron chi connectivity index (χ2n) is 8.42. The number of carbonyl (C=O) groups is 2. The zero-order valence-corrected chi connectivity index (χ0v) is 18.9. The molecule has 0 N–H and O–H groups in total. The van der Waals surface area contributed by atoms with Gasteiger partial charge in [0.2, 0.25) is 0 Å². The quantitative estimate of drug-likeness (QED) is 0.287. The lowest BCUT2D eigenvalue weighted by Crippen LogP contribution is -2.45. The maximum Gasteiger partial charge on any atom is 0.410 e. The Morgan fingerprint density at radius 1 is 0.903 bits per heavy atom. The van der Waals surface area contributed by atoms with E-state index in [2.05, 4.69) is 31.2 Å². The molecule has 2 aromatic carbocycles. The summed E-state index contributed by atoms with van der Waals surface area (Å²) >= 11 is 0. The first kappa shape index (κ1) is 23.1. The van der Waals surface area contributed by atoms with E-state index in [4.69, 9.17) is 4.74 Å². The Balaban J connectivity index is 1.73. The zero-order valence-electron chi connectivity index (χ0n) is 18.9. The van der Waals surface area contributed by atoms with E-state index in [0.29, 0.717) is 6.54 Å². The molecule has 2 aromatic rings. The Morgan fingerprint density at radius 3 is 1.94 bits per heavy atom. The van der Waals surface area contributed by atoms with Gasteiger partial charge < -0.3 is 9.53 Å². The van der Waals surface area contributed by atoms with Crippen molar-refractivity contribution in [3.05, 3.63) is 59.7 Å². The highest BCUT2D eigenvalue weighted by atomic mass is 16.5. The van der Waals surface area contributed by atoms with Crippen LogP contribution in [-0.2, 0) is 9.53 Å². The molecule has 4 nitrogen and oxygen atoms in total. The number of unbranched alkanes of at least 4 members (excludes halogenated alkanes) is 7. The van der Waals surface area contributed by atoms with E-state index < -0.39 is 12.1 Å². The molecular formula is C27H35NO3. The number of amides is 1. The van der Waals surface area contributed by atoms with Crippen LogP contribution in [0.2, 0.25) is 0 Å². The SMILES string of the molecule is CCCCCCCCCCN(C(=O)OC)C(C=O)C1c2ccccc2-c2ccccc21. The molecule has 1 aliphatic carbocycles. The summed E-state index contributed by atoms with van der Waals surface area (Å²) in [6.45, 7) is 2.76. The van der Waals surface area contributed by atoms with Gasteiger partial charge in [0.1, 0.15) is 12.3 Å². The second kappa shape index (κ2) is 11.7. The smallest absolute Gasteiger partial charge is 0.410 e.